The predicted octanol–water partition coefficient (Wildman–Crippen LogP) is 0.297. The fraction of sp³-hybridized carbons (Fsp3) is 0.611. The Kier molecular flexibility index (Phi) is 6.69. The number of amides is 1. The van der Waals surface area contributed by atoms with E-state index in [0.717, 1.165) is 25.9 Å². The topological polar surface area (TPSA) is 88.2 Å². The van der Waals surface area contributed by atoms with Gasteiger partial charge in [-0.2, -0.15) is 4.31 Å². The first kappa shape index (κ1) is 20.1. The van der Waals surface area contributed by atoms with Crippen molar-refractivity contribution >= 4 is 15.9 Å². The highest BCUT2D eigenvalue weighted by molar-refractivity contribution is 7.89. The highest BCUT2D eigenvalue weighted by Crippen LogP contribution is 2.20. The van der Waals surface area contributed by atoms with Crippen molar-refractivity contribution in [3.63, 3.8) is 0 Å². The van der Waals surface area contributed by atoms with Crippen molar-refractivity contribution in [3.8, 4) is 5.75 Å². The van der Waals surface area contributed by atoms with E-state index < -0.39 is 10.0 Å². The molecule has 2 fully saturated rings. The Bertz CT molecular complexity index is 724. The van der Waals surface area contributed by atoms with Crippen LogP contribution in [-0.4, -0.2) is 82.6 Å². The van der Waals surface area contributed by atoms with Crippen LogP contribution in [0.3, 0.4) is 0 Å². The van der Waals surface area contributed by atoms with Gasteiger partial charge in [0, 0.05) is 19.1 Å². The summed E-state index contributed by atoms with van der Waals surface area (Å²) in [6.07, 6.45) is 1.88. The highest BCUT2D eigenvalue weighted by atomic mass is 32.2. The van der Waals surface area contributed by atoms with Crippen LogP contribution in [0.15, 0.2) is 29.2 Å². The number of morpholine rings is 1. The second-order valence-electron chi connectivity index (χ2n) is 6.92. The molecule has 0 saturated carbocycles. The van der Waals surface area contributed by atoms with Gasteiger partial charge in [-0.05, 0) is 57.2 Å². The summed E-state index contributed by atoms with van der Waals surface area (Å²) >= 11 is 0. The number of hydrogen-bond acceptors (Lipinski definition) is 6. The minimum absolute atomic E-state index is 0.0814. The summed E-state index contributed by atoms with van der Waals surface area (Å²) in [5, 5.41) is 2.98. The van der Waals surface area contributed by atoms with Crippen LogP contribution in [0.1, 0.15) is 12.8 Å². The molecule has 2 aliphatic rings. The fourth-order valence-electron chi connectivity index (χ4n) is 3.22. The van der Waals surface area contributed by atoms with E-state index in [2.05, 4.69) is 17.3 Å². The van der Waals surface area contributed by atoms with Crippen LogP contribution in [0.4, 0.5) is 0 Å². The van der Waals surface area contributed by atoms with Crippen molar-refractivity contribution in [1.29, 1.82) is 0 Å². The molecular formula is C18H27N3O5S. The SMILES string of the molecule is CN1CCC(NC(=O)COc2ccc(S(=O)(=O)N3CCOCC3)cc2)CC1. The van der Waals surface area contributed by atoms with Crippen LogP contribution in [0, 0.1) is 0 Å². The van der Waals surface area contributed by atoms with Crippen LogP contribution in [-0.2, 0) is 19.6 Å². The molecule has 2 aliphatic heterocycles. The summed E-state index contributed by atoms with van der Waals surface area (Å²) in [6, 6.07) is 6.37. The van der Waals surface area contributed by atoms with Gasteiger partial charge in [0.1, 0.15) is 5.75 Å². The third kappa shape index (κ3) is 5.41. The molecule has 0 spiro atoms. The lowest BCUT2D eigenvalue weighted by Crippen LogP contribution is -2.44. The van der Waals surface area contributed by atoms with E-state index in [-0.39, 0.29) is 23.5 Å². The highest BCUT2D eigenvalue weighted by Gasteiger charge is 2.26. The molecule has 0 aromatic heterocycles. The van der Waals surface area contributed by atoms with E-state index in [1.54, 1.807) is 12.1 Å². The smallest absolute Gasteiger partial charge is 0.258 e. The van der Waals surface area contributed by atoms with Crippen molar-refractivity contribution in [2.75, 3.05) is 53.0 Å². The van der Waals surface area contributed by atoms with Gasteiger partial charge in [0.2, 0.25) is 10.0 Å². The minimum Gasteiger partial charge on any atom is -0.484 e. The summed E-state index contributed by atoms with van der Waals surface area (Å²) < 4.78 is 37.3. The standard InChI is InChI=1S/C18H27N3O5S/c1-20-8-6-15(7-9-20)19-18(22)14-26-16-2-4-17(5-3-16)27(23,24)21-10-12-25-13-11-21/h2-5,15H,6-14H2,1H3,(H,19,22). The lowest BCUT2D eigenvalue weighted by molar-refractivity contribution is -0.124. The maximum Gasteiger partial charge on any atom is 0.258 e. The van der Waals surface area contributed by atoms with Gasteiger partial charge in [-0.15, -0.1) is 0 Å². The Labute approximate surface area is 160 Å². The number of benzene rings is 1. The Hall–Kier alpha value is -1.68. The lowest BCUT2D eigenvalue weighted by Gasteiger charge is -2.29. The molecule has 0 radical (unpaired) electrons. The second kappa shape index (κ2) is 9.01. The molecule has 0 unspecified atom stereocenters. The monoisotopic (exact) mass is 397 g/mol. The molecule has 150 valence electrons. The first-order valence-electron chi connectivity index (χ1n) is 9.24. The maximum absolute atomic E-state index is 12.6. The molecule has 3 rings (SSSR count). The molecular weight excluding hydrogens is 370 g/mol. The molecule has 1 aromatic rings. The zero-order valence-corrected chi connectivity index (χ0v) is 16.4. The Morgan fingerprint density at radius 2 is 1.78 bits per heavy atom. The van der Waals surface area contributed by atoms with Gasteiger partial charge >= 0.3 is 0 Å². The molecule has 1 N–H and O–H groups in total. The van der Waals surface area contributed by atoms with Crippen molar-refractivity contribution in [2.24, 2.45) is 0 Å². The molecule has 1 aromatic carbocycles. The zero-order chi connectivity index (χ0) is 19.3. The minimum atomic E-state index is -3.52. The van der Waals surface area contributed by atoms with Gasteiger partial charge in [0.15, 0.2) is 6.61 Å². The normalized spacial score (nSPS) is 20.3. The first-order chi connectivity index (χ1) is 12.9. The molecule has 1 amide bonds. The van der Waals surface area contributed by atoms with Gasteiger partial charge in [0.25, 0.3) is 5.91 Å². The Morgan fingerprint density at radius 3 is 2.41 bits per heavy atom. The van der Waals surface area contributed by atoms with E-state index in [1.807, 2.05) is 0 Å². The molecule has 27 heavy (non-hydrogen) atoms. The Morgan fingerprint density at radius 1 is 1.15 bits per heavy atom. The Balaban J connectivity index is 1.49. The van der Waals surface area contributed by atoms with Gasteiger partial charge in [-0.3, -0.25) is 4.79 Å². The van der Waals surface area contributed by atoms with Crippen molar-refractivity contribution in [2.45, 2.75) is 23.8 Å². The summed E-state index contributed by atoms with van der Waals surface area (Å²) in [5.74, 6) is 0.309. The number of sulfonamides is 1. The number of likely N-dealkylation sites (tertiary alicyclic amines) is 1. The van der Waals surface area contributed by atoms with E-state index in [4.69, 9.17) is 9.47 Å². The fourth-order valence-corrected chi connectivity index (χ4v) is 4.62. The zero-order valence-electron chi connectivity index (χ0n) is 15.6. The van der Waals surface area contributed by atoms with E-state index in [1.165, 1.54) is 16.4 Å². The van der Waals surface area contributed by atoms with Gasteiger partial charge in [-0.1, -0.05) is 0 Å². The van der Waals surface area contributed by atoms with Gasteiger partial charge < -0.3 is 19.7 Å². The van der Waals surface area contributed by atoms with Crippen molar-refractivity contribution < 1.29 is 22.7 Å². The van der Waals surface area contributed by atoms with Crippen LogP contribution in [0.2, 0.25) is 0 Å². The number of nitrogens with one attached hydrogen (secondary N) is 1. The number of rotatable bonds is 6. The number of hydrogen-bond donors (Lipinski definition) is 1. The summed E-state index contributed by atoms with van der Waals surface area (Å²) in [5.41, 5.74) is 0. The number of carbonyl (C=O) groups excluding carboxylic acids is 1. The van der Waals surface area contributed by atoms with Crippen LogP contribution in [0.5, 0.6) is 5.75 Å². The second-order valence-corrected chi connectivity index (χ2v) is 8.86. The third-order valence-corrected chi connectivity index (χ3v) is 6.80. The van der Waals surface area contributed by atoms with Crippen molar-refractivity contribution in [3.05, 3.63) is 24.3 Å². The lowest BCUT2D eigenvalue weighted by atomic mass is 10.1. The van der Waals surface area contributed by atoms with E-state index in [9.17, 15) is 13.2 Å². The van der Waals surface area contributed by atoms with Crippen LogP contribution in [0.25, 0.3) is 0 Å². The number of piperidine rings is 1. The predicted molar refractivity (Wildman–Crippen MR) is 100 cm³/mol. The molecule has 0 bridgehead atoms. The molecule has 2 saturated heterocycles. The molecule has 9 heteroatoms. The first-order valence-corrected chi connectivity index (χ1v) is 10.7. The average Bonchev–Trinajstić information content (AvgIpc) is 2.69. The van der Waals surface area contributed by atoms with E-state index >= 15 is 0 Å². The quantitative estimate of drug-likeness (QED) is 0.743. The molecule has 0 aliphatic carbocycles. The van der Waals surface area contributed by atoms with Gasteiger partial charge in [-0.25, -0.2) is 8.42 Å². The summed E-state index contributed by atoms with van der Waals surface area (Å²) in [6.45, 7) is 3.41. The van der Waals surface area contributed by atoms with Crippen LogP contribution >= 0.6 is 0 Å². The summed E-state index contributed by atoms with van der Waals surface area (Å²) in [4.78, 5) is 14.5. The number of nitrogens with zero attached hydrogens (tertiary/aromatic N) is 2. The maximum atomic E-state index is 12.6. The number of carbonyl (C=O) groups is 1. The molecule has 2 heterocycles. The largest absolute Gasteiger partial charge is 0.484 e. The molecule has 0 atom stereocenters. The van der Waals surface area contributed by atoms with Crippen molar-refractivity contribution in [1.82, 2.24) is 14.5 Å². The van der Waals surface area contributed by atoms with Crippen LogP contribution < -0.4 is 10.1 Å². The molecule has 8 nitrogen and oxygen atoms in total. The number of ether oxygens (including phenoxy) is 2. The average molecular weight is 397 g/mol. The third-order valence-electron chi connectivity index (χ3n) is 4.89. The van der Waals surface area contributed by atoms with E-state index in [0.29, 0.717) is 32.1 Å². The summed E-state index contributed by atoms with van der Waals surface area (Å²) in [7, 11) is -1.45. The van der Waals surface area contributed by atoms with Gasteiger partial charge in [0.05, 0.1) is 18.1 Å².